The topological polar surface area (TPSA) is 58.6 Å². The Hall–Kier alpha value is -3.86. The first kappa shape index (κ1) is 20.4. The second-order valence-electron chi connectivity index (χ2n) is 7.37. The minimum absolute atomic E-state index is 0.261. The van der Waals surface area contributed by atoms with Crippen LogP contribution in [0.2, 0.25) is 0 Å². The first-order valence-corrected chi connectivity index (χ1v) is 9.97. The van der Waals surface area contributed by atoms with E-state index in [1.54, 1.807) is 30.3 Å². The number of rotatable bonds is 7. The number of aromatic carboxylic acids is 1. The average molecular weight is 415 g/mol. The predicted octanol–water partition coefficient (Wildman–Crippen LogP) is 6.18. The van der Waals surface area contributed by atoms with Crippen molar-refractivity contribution in [1.82, 2.24) is 0 Å². The maximum atomic E-state index is 13.2. The van der Waals surface area contributed by atoms with Crippen LogP contribution < -0.4 is 10.1 Å². The zero-order chi connectivity index (χ0) is 21.8. The fourth-order valence-corrected chi connectivity index (χ4v) is 3.55. The lowest BCUT2D eigenvalue weighted by atomic mass is 10.0. The maximum Gasteiger partial charge on any atom is 0.335 e. The molecule has 0 unspecified atom stereocenters. The molecule has 0 atom stereocenters. The van der Waals surface area contributed by atoms with Gasteiger partial charge in [-0.1, -0.05) is 42.5 Å². The van der Waals surface area contributed by atoms with Crippen LogP contribution in [0.3, 0.4) is 0 Å². The lowest BCUT2D eigenvalue weighted by molar-refractivity contribution is 0.0697. The summed E-state index contributed by atoms with van der Waals surface area (Å²) in [6.45, 7) is 2.72. The number of aryl methyl sites for hydroxylation is 1. The van der Waals surface area contributed by atoms with Gasteiger partial charge in [0.1, 0.15) is 18.2 Å². The summed E-state index contributed by atoms with van der Waals surface area (Å²) in [5, 5.41) is 14.8. The Kier molecular flexibility index (Phi) is 5.85. The summed E-state index contributed by atoms with van der Waals surface area (Å²) in [6.07, 6.45) is 0. The van der Waals surface area contributed by atoms with Gasteiger partial charge in [-0.05, 0) is 65.2 Å². The van der Waals surface area contributed by atoms with Gasteiger partial charge in [0.05, 0.1) is 5.56 Å². The molecule has 0 aliphatic heterocycles. The molecule has 4 rings (SSSR count). The van der Waals surface area contributed by atoms with Crippen LogP contribution in [0.5, 0.6) is 5.75 Å². The summed E-state index contributed by atoms with van der Waals surface area (Å²) in [4.78, 5) is 11.2. The molecule has 0 fully saturated rings. The first-order valence-electron chi connectivity index (χ1n) is 9.97. The fraction of sp³-hybridized carbons (Fsp3) is 0.115. The van der Waals surface area contributed by atoms with Crippen molar-refractivity contribution >= 4 is 22.4 Å². The normalized spacial score (nSPS) is 10.8. The largest absolute Gasteiger partial charge is 0.489 e. The van der Waals surface area contributed by atoms with Crippen LogP contribution in [0.4, 0.5) is 10.1 Å². The van der Waals surface area contributed by atoms with E-state index in [4.69, 9.17) is 4.74 Å². The summed E-state index contributed by atoms with van der Waals surface area (Å²) in [6, 6.07) is 23.3. The molecule has 0 heterocycles. The summed E-state index contributed by atoms with van der Waals surface area (Å²) < 4.78 is 19.3. The number of nitrogens with one attached hydrogen (secondary N) is 1. The molecule has 0 spiro atoms. The predicted molar refractivity (Wildman–Crippen MR) is 120 cm³/mol. The van der Waals surface area contributed by atoms with Gasteiger partial charge in [-0.15, -0.1) is 0 Å². The number of fused-ring (bicyclic) bond motifs is 1. The molecule has 156 valence electrons. The van der Waals surface area contributed by atoms with Crippen LogP contribution in [0, 0.1) is 12.7 Å². The molecule has 5 heteroatoms. The Balaban J connectivity index is 1.61. The van der Waals surface area contributed by atoms with Crippen molar-refractivity contribution in [2.45, 2.75) is 20.1 Å². The van der Waals surface area contributed by atoms with E-state index in [-0.39, 0.29) is 11.4 Å². The third kappa shape index (κ3) is 4.67. The molecule has 31 heavy (non-hydrogen) atoms. The molecule has 0 aliphatic carbocycles. The number of anilines is 1. The number of carboxylic acids is 1. The standard InChI is InChI=1S/C26H22FNO3/c1-17-14-20(26(29)30)8-12-24(17)28-15-23-22-5-3-2-4-19(22)9-13-25(23)31-16-18-6-10-21(27)11-7-18/h2-14,28H,15-16H2,1H3,(H,29,30). The molecule has 4 aromatic rings. The Bertz CT molecular complexity index is 1240. The van der Waals surface area contributed by atoms with Crippen molar-refractivity contribution in [3.63, 3.8) is 0 Å². The molecule has 0 bridgehead atoms. The fourth-order valence-electron chi connectivity index (χ4n) is 3.55. The Morgan fingerprint density at radius 3 is 2.52 bits per heavy atom. The third-order valence-corrected chi connectivity index (χ3v) is 5.23. The first-order chi connectivity index (χ1) is 15.0. The zero-order valence-electron chi connectivity index (χ0n) is 17.1. The molecule has 4 nitrogen and oxygen atoms in total. The minimum Gasteiger partial charge on any atom is -0.489 e. The molecular weight excluding hydrogens is 393 g/mol. The van der Waals surface area contributed by atoms with Gasteiger partial charge in [0, 0.05) is 17.8 Å². The van der Waals surface area contributed by atoms with E-state index >= 15 is 0 Å². The summed E-state index contributed by atoms with van der Waals surface area (Å²) in [7, 11) is 0. The Morgan fingerprint density at radius 1 is 1.00 bits per heavy atom. The number of halogens is 1. The van der Waals surface area contributed by atoms with Gasteiger partial charge in [-0.25, -0.2) is 9.18 Å². The van der Waals surface area contributed by atoms with E-state index < -0.39 is 5.97 Å². The summed E-state index contributed by atoms with van der Waals surface area (Å²) >= 11 is 0. The zero-order valence-corrected chi connectivity index (χ0v) is 17.1. The molecular formula is C26H22FNO3. The van der Waals surface area contributed by atoms with Crippen molar-refractivity contribution < 1.29 is 19.0 Å². The highest BCUT2D eigenvalue weighted by atomic mass is 19.1. The van der Waals surface area contributed by atoms with Crippen molar-refractivity contribution in [1.29, 1.82) is 0 Å². The van der Waals surface area contributed by atoms with Crippen molar-refractivity contribution in [3.8, 4) is 5.75 Å². The Morgan fingerprint density at radius 2 is 1.77 bits per heavy atom. The van der Waals surface area contributed by atoms with E-state index in [1.807, 2.05) is 31.2 Å². The molecule has 0 saturated heterocycles. The molecule has 0 radical (unpaired) electrons. The van der Waals surface area contributed by atoms with E-state index in [2.05, 4.69) is 17.4 Å². The van der Waals surface area contributed by atoms with Gasteiger partial charge >= 0.3 is 5.97 Å². The van der Waals surface area contributed by atoms with Crippen LogP contribution in [0.1, 0.15) is 27.0 Å². The second kappa shape index (κ2) is 8.88. The molecule has 0 saturated carbocycles. The maximum absolute atomic E-state index is 13.2. The SMILES string of the molecule is Cc1cc(C(=O)O)ccc1NCc1c(OCc2ccc(F)cc2)ccc2ccccc12. The van der Waals surface area contributed by atoms with Crippen LogP contribution >= 0.6 is 0 Å². The van der Waals surface area contributed by atoms with E-state index in [9.17, 15) is 14.3 Å². The van der Waals surface area contributed by atoms with Gasteiger partial charge in [0.15, 0.2) is 0 Å². The van der Waals surface area contributed by atoms with E-state index in [0.717, 1.165) is 38.9 Å². The Labute approximate surface area is 179 Å². The second-order valence-corrected chi connectivity index (χ2v) is 7.37. The van der Waals surface area contributed by atoms with Crippen LogP contribution in [0.25, 0.3) is 10.8 Å². The molecule has 4 aromatic carbocycles. The highest BCUT2D eigenvalue weighted by molar-refractivity contribution is 5.89. The average Bonchev–Trinajstić information content (AvgIpc) is 2.78. The number of carbonyl (C=O) groups is 1. The molecule has 0 aromatic heterocycles. The van der Waals surface area contributed by atoms with Crippen molar-refractivity contribution in [2.24, 2.45) is 0 Å². The molecule has 0 aliphatic rings. The van der Waals surface area contributed by atoms with Gasteiger partial charge in [-0.3, -0.25) is 0 Å². The number of carboxylic acid groups (broad SMARTS) is 1. The van der Waals surface area contributed by atoms with Crippen molar-refractivity contribution in [2.75, 3.05) is 5.32 Å². The van der Waals surface area contributed by atoms with Crippen molar-refractivity contribution in [3.05, 3.63) is 107 Å². The van der Waals surface area contributed by atoms with Gasteiger partial charge in [0.2, 0.25) is 0 Å². The number of hydrogen-bond donors (Lipinski definition) is 2. The van der Waals surface area contributed by atoms with E-state index in [1.165, 1.54) is 12.1 Å². The summed E-state index contributed by atoms with van der Waals surface area (Å²) in [5.74, 6) is -0.473. The van der Waals surface area contributed by atoms with Gasteiger partial charge < -0.3 is 15.2 Å². The van der Waals surface area contributed by atoms with Crippen LogP contribution in [0.15, 0.2) is 78.9 Å². The van der Waals surface area contributed by atoms with Gasteiger partial charge in [0.25, 0.3) is 0 Å². The highest BCUT2D eigenvalue weighted by Gasteiger charge is 2.11. The smallest absolute Gasteiger partial charge is 0.335 e. The number of hydrogen-bond acceptors (Lipinski definition) is 3. The third-order valence-electron chi connectivity index (χ3n) is 5.23. The van der Waals surface area contributed by atoms with E-state index in [0.29, 0.717) is 13.2 Å². The lowest BCUT2D eigenvalue weighted by Gasteiger charge is -2.17. The van der Waals surface area contributed by atoms with Gasteiger partial charge in [-0.2, -0.15) is 0 Å². The number of benzene rings is 4. The summed E-state index contributed by atoms with van der Waals surface area (Å²) in [5.41, 5.74) is 3.86. The minimum atomic E-state index is -0.944. The molecule has 2 N–H and O–H groups in total. The van der Waals surface area contributed by atoms with Crippen LogP contribution in [-0.2, 0) is 13.2 Å². The molecule has 0 amide bonds. The highest BCUT2D eigenvalue weighted by Crippen LogP contribution is 2.30. The van der Waals surface area contributed by atoms with Crippen LogP contribution in [-0.4, -0.2) is 11.1 Å². The lowest BCUT2D eigenvalue weighted by Crippen LogP contribution is -2.06. The number of ether oxygens (including phenoxy) is 1. The quantitative estimate of drug-likeness (QED) is 0.379. The monoisotopic (exact) mass is 415 g/mol.